The van der Waals surface area contributed by atoms with E-state index in [4.69, 9.17) is 31.1 Å². The van der Waals surface area contributed by atoms with Gasteiger partial charge in [-0.25, -0.2) is 19.5 Å². The first-order valence-electron chi connectivity index (χ1n) is 9.17. The second kappa shape index (κ2) is 7.98. The largest absolute Gasteiger partial charge is 0.472 e. The zero-order valence-corrected chi connectivity index (χ0v) is 18.2. The first-order chi connectivity index (χ1) is 14.8. The van der Waals surface area contributed by atoms with Crippen LogP contribution in [0.1, 0.15) is 11.8 Å². The van der Waals surface area contributed by atoms with E-state index in [1.807, 2.05) is 12.1 Å². The van der Waals surface area contributed by atoms with Crippen molar-refractivity contribution in [2.75, 3.05) is 12.3 Å². The van der Waals surface area contributed by atoms with Crippen LogP contribution >= 0.6 is 31.2 Å². The van der Waals surface area contributed by atoms with Crippen LogP contribution in [0.15, 0.2) is 35.7 Å². The maximum atomic E-state index is 11.8. The van der Waals surface area contributed by atoms with E-state index < -0.39 is 32.4 Å². The summed E-state index contributed by atoms with van der Waals surface area (Å²) in [6, 6.07) is 7.39. The maximum absolute atomic E-state index is 11.8. The number of benzene rings is 1. The number of hydrogen-bond donors (Lipinski definition) is 3. The highest BCUT2D eigenvalue weighted by molar-refractivity contribution is 7.98. The number of thioether (sulfide) groups is 1. The van der Waals surface area contributed by atoms with E-state index >= 15 is 0 Å². The van der Waals surface area contributed by atoms with Gasteiger partial charge in [0.2, 0.25) is 0 Å². The van der Waals surface area contributed by atoms with Crippen molar-refractivity contribution in [3.05, 3.63) is 41.2 Å². The Morgan fingerprint density at radius 3 is 2.87 bits per heavy atom. The fraction of sp³-hybridized carbons (Fsp3) is 0.353. The van der Waals surface area contributed by atoms with E-state index in [1.165, 1.54) is 18.1 Å². The Labute approximate surface area is 185 Å². The van der Waals surface area contributed by atoms with Gasteiger partial charge in [0.25, 0.3) is 0 Å². The molecule has 5 rings (SSSR count). The Bertz CT molecular complexity index is 1180. The van der Waals surface area contributed by atoms with E-state index in [0.717, 1.165) is 5.56 Å². The van der Waals surface area contributed by atoms with Gasteiger partial charge in [-0.15, -0.1) is 0 Å². The predicted molar refractivity (Wildman–Crippen MR) is 111 cm³/mol. The molecule has 14 heteroatoms. The number of hydrogen-bond acceptors (Lipinski definition) is 10. The molecule has 3 aromatic rings. The van der Waals surface area contributed by atoms with Gasteiger partial charge >= 0.3 is 7.82 Å². The summed E-state index contributed by atoms with van der Waals surface area (Å²) in [5, 5.41) is 12.0. The highest BCUT2D eigenvalue weighted by Gasteiger charge is 2.53. The number of anilines is 1. The summed E-state index contributed by atoms with van der Waals surface area (Å²) in [7, 11) is -4.25. The second-order valence-electron chi connectivity index (χ2n) is 7.00. The Balaban J connectivity index is 1.51. The van der Waals surface area contributed by atoms with Crippen molar-refractivity contribution in [3.63, 3.8) is 0 Å². The molecule has 2 fully saturated rings. The third-order valence-corrected chi connectivity index (χ3v) is 7.24. The minimum Gasteiger partial charge on any atom is -0.386 e. The Hall–Kier alpha value is -1.76. The number of fused-ring (bicyclic) bond motifs is 2. The molecule has 0 amide bonds. The molecule has 2 aliphatic rings. The van der Waals surface area contributed by atoms with Crippen molar-refractivity contribution >= 4 is 48.2 Å². The van der Waals surface area contributed by atoms with Gasteiger partial charge in [0.05, 0.1) is 6.61 Å². The minimum absolute atomic E-state index is 0.182. The van der Waals surface area contributed by atoms with E-state index in [1.54, 1.807) is 16.7 Å². The lowest BCUT2D eigenvalue weighted by Crippen LogP contribution is -2.39. The quantitative estimate of drug-likeness (QED) is 0.367. The number of aliphatic hydroxyl groups excluding tert-OH is 1. The minimum atomic E-state index is -4.25. The van der Waals surface area contributed by atoms with Crippen LogP contribution in [0, 0.1) is 0 Å². The van der Waals surface area contributed by atoms with Gasteiger partial charge in [-0.1, -0.05) is 35.5 Å². The van der Waals surface area contributed by atoms with Gasteiger partial charge in [0, 0.05) is 10.8 Å². The number of aliphatic hydroxyl groups is 1. The summed E-state index contributed by atoms with van der Waals surface area (Å²) >= 11 is 7.33. The summed E-state index contributed by atoms with van der Waals surface area (Å²) < 4.78 is 29.2. The average molecular weight is 486 g/mol. The third-order valence-electron chi connectivity index (χ3n) is 4.97. The number of phosphoric ester groups is 1. The SMILES string of the molecule is Nc1ncnc2c1nc(SCc1ccc(Cl)cc1)n2[C@@H]1O[C@@H]2COP(=O)(O)O[C@H]2[C@H]1O. The molecule has 164 valence electrons. The van der Waals surface area contributed by atoms with E-state index in [9.17, 15) is 14.6 Å². The Morgan fingerprint density at radius 1 is 1.32 bits per heavy atom. The number of phosphoric acid groups is 1. The number of nitrogens with zero attached hydrogens (tertiary/aromatic N) is 4. The number of aromatic nitrogens is 4. The lowest BCUT2D eigenvalue weighted by atomic mass is 10.1. The molecule has 0 saturated carbocycles. The molecule has 2 aliphatic heterocycles. The molecule has 0 aliphatic carbocycles. The maximum Gasteiger partial charge on any atom is 0.472 e. The fourth-order valence-electron chi connectivity index (χ4n) is 3.52. The molecule has 0 bridgehead atoms. The van der Waals surface area contributed by atoms with E-state index in [0.29, 0.717) is 27.1 Å². The van der Waals surface area contributed by atoms with Gasteiger partial charge in [-0.05, 0) is 17.7 Å². The zero-order chi connectivity index (χ0) is 21.8. The molecule has 2 aromatic heterocycles. The summed E-state index contributed by atoms with van der Waals surface area (Å²) in [6.07, 6.45) is -2.73. The van der Waals surface area contributed by atoms with Gasteiger partial charge < -0.3 is 20.5 Å². The summed E-state index contributed by atoms with van der Waals surface area (Å²) in [5.41, 5.74) is 7.71. The molecule has 0 spiro atoms. The predicted octanol–water partition coefficient (Wildman–Crippen LogP) is 2.13. The molecule has 31 heavy (non-hydrogen) atoms. The summed E-state index contributed by atoms with van der Waals surface area (Å²) in [4.78, 5) is 22.4. The monoisotopic (exact) mass is 485 g/mol. The third kappa shape index (κ3) is 3.94. The number of halogens is 1. The highest BCUT2D eigenvalue weighted by atomic mass is 35.5. The van der Waals surface area contributed by atoms with Crippen LogP contribution in [0.3, 0.4) is 0 Å². The molecule has 0 radical (unpaired) electrons. The van der Waals surface area contributed by atoms with E-state index in [-0.39, 0.29) is 12.4 Å². The molecular formula is C17H17ClN5O6PS. The number of rotatable bonds is 4. The number of ether oxygens (including phenoxy) is 1. The molecule has 4 heterocycles. The van der Waals surface area contributed by atoms with Crippen LogP contribution in [0.2, 0.25) is 5.02 Å². The van der Waals surface area contributed by atoms with Crippen molar-refractivity contribution in [2.45, 2.75) is 35.4 Å². The van der Waals surface area contributed by atoms with Crippen LogP contribution in [-0.2, 0) is 24.1 Å². The van der Waals surface area contributed by atoms with Crippen LogP contribution in [0.4, 0.5) is 5.82 Å². The second-order valence-corrected chi connectivity index (χ2v) is 9.79. The smallest absolute Gasteiger partial charge is 0.386 e. The Kier molecular flexibility index (Phi) is 5.43. The van der Waals surface area contributed by atoms with Crippen molar-refractivity contribution in [3.8, 4) is 0 Å². The van der Waals surface area contributed by atoms with Gasteiger partial charge in [0.15, 0.2) is 28.4 Å². The van der Waals surface area contributed by atoms with Crippen molar-refractivity contribution in [1.82, 2.24) is 19.5 Å². The molecule has 1 aromatic carbocycles. The summed E-state index contributed by atoms with van der Waals surface area (Å²) in [6.45, 7) is -0.191. The lowest BCUT2D eigenvalue weighted by molar-refractivity contribution is -0.0684. The molecule has 1 unspecified atom stereocenters. The lowest BCUT2D eigenvalue weighted by Gasteiger charge is -2.27. The summed E-state index contributed by atoms with van der Waals surface area (Å²) in [5.74, 6) is 0.732. The van der Waals surface area contributed by atoms with Crippen LogP contribution in [-0.4, -0.2) is 54.4 Å². The molecule has 11 nitrogen and oxygen atoms in total. The fourth-order valence-corrected chi connectivity index (χ4v) is 5.58. The normalized spacial score (nSPS) is 30.5. The van der Waals surface area contributed by atoms with Crippen LogP contribution in [0.5, 0.6) is 0 Å². The molecule has 2 saturated heterocycles. The topological polar surface area (TPSA) is 155 Å². The van der Waals surface area contributed by atoms with Gasteiger partial charge in [0.1, 0.15) is 24.6 Å². The first kappa shape index (κ1) is 21.1. The Morgan fingerprint density at radius 2 is 2.10 bits per heavy atom. The molecular weight excluding hydrogens is 469 g/mol. The first-order valence-corrected chi connectivity index (χ1v) is 12.0. The van der Waals surface area contributed by atoms with Crippen LogP contribution in [0.25, 0.3) is 11.2 Å². The average Bonchev–Trinajstić information content (AvgIpc) is 3.25. The molecule has 4 N–H and O–H groups in total. The highest BCUT2D eigenvalue weighted by Crippen LogP contribution is 2.53. The van der Waals surface area contributed by atoms with Gasteiger partial charge in [-0.2, -0.15) is 0 Å². The molecule has 5 atom stereocenters. The number of nitrogens with two attached hydrogens (primary N) is 1. The van der Waals surface area contributed by atoms with Crippen molar-refractivity contribution < 1.29 is 28.3 Å². The zero-order valence-electron chi connectivity index (χ0n) is 15.7. The standard InChI is InChI=1S/C17H17ClN5O6PS/c18-9-3-1-8(2-4-9)6-31-17-22-11-14(19)20-7-21-15(11)23(17)16-12(24)13-10(28-16)5-27-30(25,26)29-13/h1-4,7,10,12-13,16,24H,5-6H2,(H,25,26)(H2,19,20,21)/t10-,12-,13-,16-/m1/s1. The van der Waals surface area contributed by atoms with E-state index in [2.05, 4.69) is 15.0 Å². The van der Waals surface area contributed by atoms with Crippen molar-refractivity contribution in [2.24, 2.45) is 0 Å². The van der Waals surface area contributed by atoms with Gasteiger partial charge in [-0.3, -0.25) is 13.6 Å². The van der Waals surface area contributed by atoms with Crippen LogP contribution < -0.4 is 5.73 Å². The number of nitrogen functional groups attached to an aromatic ring is 1. The van der Waals surface area contributed by atoms with Crippen molar-refractivity contribution in [1.29, 1.82) is 0 Å². The number of imidazole rings is 1.